The van der Waals surface area contributed by atoms with Gasteiger partial charge in [-0.1, -0.05) is 44.0 Å². The van der Waals surface area contributed by atoms with E-state index in [1.54, 1.807) is 11.1 Å². The van der Waals surface area contributed by atoms with Gasteiger partial charge in [-0.25, -0.2) is 0 Å². The second kappa shape index (κ2) is 5.68. The fourth-order valence-electron chi connectivity index (χ4n) is 3.39. The summed E-state index contributed by atoms with van der Waals surface area (Å²) in [6.45, 7) is 3.42. The monoisotopic (exact) mass is 231 g/mol. The largest absolute Gasteiger partial charge is 0.319 e. The first-order chi connectivity index (χ1) is 8.32. The average Bonchev–Trinajstić information content (AvgIpc) is 2.37. The molecule has 1 atom stereocenters. The minimum absolute atomic E-state index is 0.402. The lowest BCUT2D eigenvalue weighted by atomic mass is 9.67. The van der Waals surface area contributed by atoms with Crippen molar-refractivity contribution < 1.29 is 0 Å². The number of likely N-dealkylation sites (N-methyl/N-ethyl adjacent to an activating group) is 1. The highest BCUT2D eigenvalue weighted by atomic mass is 14.8. The average molecular weight is 231 g/mol. The van der Waals surface area contributed by atoms with Gasteiger partial charge in [-0.05, 0) is 43.9 Å². The molecule has 1 unspecified atom stereocenters. The first kappa shape index (κ1) is 12.6. The first-order valence-electron chi connectivity index (χ1n) is 7.05. The summed E-state index contributed by atoms with van der Waals surface area (Å²) in [7, 11) is 2.09. The maximum atomic E-state index is 3.43. The lowest BCUT2D eigenvalue weighted by molar-refractivity contribution is 0.315. The number of unbranched alkanes of at least 4 members (excludes halogenated alkanes) is 1. The van der Waals surface area contributed by atoms with Crippen molar-refractivity contribution in [2.24, 2.45) is 0 Å². The van der Waals surface area contributed by atoms with Crippen LogP contribution >= 0.6 is 0 Å². The molecule has 1 nitrogen and oxygen atoms in total. The molecule has 0 saturated heterocycles. The molecule has 0 fully saturated rings. The van der Waals surface area contributed by atoms with E-state index in [0.29, 0.717) is 5.41 Å². The Balaban J connectivity index is 2.32. The van der Waals surface area contributed by atoms with Gasteiger partial charge in [0.25, 0.3) is 0 Å². The van der Waals surface area contributed by atoms with Gasteiger partial charge in [0.05, 0.1) is 0 Å². The Hall–Kier alpha value is -0.820. The van der Waals surface area contributed by atoms with Crippen molar-refractivity contribution in [3.05, 3.63) is 35.4 Å². The van der Waals surface area contributed by atoms with Crippen LogP contribution in [0.1, 0.15) is 50.2 Å². The van der Waals surface area contributed by atoms with Crippen molar-refractivity contribution in [2.75, 3.05) is 13.6 Å². The molecule has 1 heteroatoms. The fraction of sp³-hybridized carbons (Fsp3) is 0.625. The number of rotatable bonds is 5. The minimum atomic E-state index is 0.402. The number of nitrogens with one attached hydrogen (secondary N) is 1. The second-order valence-electron chi connectivity index (χ2n) is 5.42. The molecular formula is C16H25N. The van der Waals surface area contributed by atoms with Gasteiger partial charge in [0.1, 0.15) is 0 Å². The normalized spacial score (nSPS) is 23.4. The van der Waals surface area contributed by atoms with Gasteiger partial charge in [0.15, 0.2) is 0 Å². The van der Waals surface area contributed by atoms with Crippen molar-refractivity contribution in [3.8, 4) is 0 Å². The Morgan fingerprint density at radius 3 is 2.88 bits per heavy atom. The third kappa shape index (κ3) is 2.55. The molecule has 0 aliphatic heterocycles. The van der Waals surface area contributed by atoms with Gasteiger partial charge < -0.3 is 5.32 Å². The molecule has 0 heterocycles. The van der Waals surface area contributed by atoms with Crippen molar-refractivity contribution in [2.45, 2.75) is 50.9 Å². The van der Waals surface area contributed by atoms with E-state index >= 15 is 0 Å². The SMILES string of the molecule is CCCCC1(CNC)CCCc2ccccc21. The Morgan fingerprint density at radius 2 is 2.12 bits per heavy atom. The van der Waals surface area contributed by atoms with Crippen LogP contribution in [-0.2, 0) is 11.8 Å². The van der Waals surface area contributed by atoms with E-state index in [1.807, 2.05) is 0 Å². The van der Waals surface area contributed by atoms with Crippen LogP contribution in [0.5, 0.6) is 0 Å². The first-order valence-corrected chi connectivity index (χ1v) is 7.05. The zero-order valence-corrected chi connectivity index (χ0v) is 11.3. The smallest absolute Gasteiger partial charge is 0.00805 e. The summed E-state index contributed by atoms with van der Waals surface area (Å²) in [5.41, 5.74) is 3.61. The Morgan fingerprint density at radius 1 is 1.29 bits per heavy atom. The third-order valence-corrected chi connectivity index (χ3v) is 4.21. The van der Waals surface area contributed by atoms with Crippen LogP contribution in [0.15, 0.2) is 24.3 Å². The maximum Gasteiger partial charge on any atom is 0.00805 e. The van der Waals surface area contributed by atoms with Gasteiger partial charge >= 0.3 is 0 Å². The van der Waals surface area contributed by atoms with Crippen LogP contribution in [0, 0.1) is 0 Å². The summed E-state index contributed by atoms with van der Waals surface area (Å²) in [4.78, 5) is 0. The molecule has 0 radical (unpaired) electrons. The molecule has 1 aliphatic carbocycles. The van der Waals surface area contributed by atoms with Crippen LogP contribution in [-0.4, -0.2) is 13.6 Å². The topological polar surface area (TPSA) is 12.0 Å². The lowest BCUT2D eigenvalue weighted by Gasteiger charge is -2.39. The van der Waals surface area contributed by atoms with Gasteiger partial charge in [0, 0.05) is 12.0 Å². The van der Waals surface area contributed by atoms with E-state index in [2.05, 4.69) is 43.6 Å². The molecule has 1 N–H and O–H groups in total. The molecule has 0 aromatic heterocycles. The highest BCUT2D eigenvalue weighted by Gasteiger charge is 2.34. The highest BCUT2D eigenvalue weighted by Crippen LogP contribution is 2.40. The number of fused-ring (bicyclic) bond motifs is 1. The Kier molecular flexibility index (Phi) is 4.22. The second-order valence-corrected chi connectivity index (χ2v) is 5.42. The van der Waals surface area contributed by atoms with Crippen LogP contribution in [0.25, 0.3) is 0 Å². The van der Waals surface area contributed by atoms with E-state index in [0.717, 1.165) is 6.54 Å². The number of aryl methyl sites for hydroxylation is 1. The Bertz CT molecular complexity index is 358. The molecule has 2 rings (SSSR count). The summed E-state index contributed by atoms with van der Waals surface area (Å²) in [6.07, 6.45) is 7.95. The van der Waals surface area contributed by atoms with Crippen LogP contribution in [0.2, 0.25) is 0 Å². The van der Waals surface area contributed by atoms with Gasteiger partial charge in [-0.3, -0.25) is 0 Å². The van der Waals surface area contributed by atoms with E-state index in [1.165, 1.54) is 38.5 Å². The van der Waals surface area contributed by atoms with E-state index in [9.17, 15) is 0 Å². The van der Waals surface area contributed by atoms with Gasteiger partial charge in [-0.2, -0.15) is 0 Å². The summed E-state index contributed by atoms with van der Waals surface area (Å²) in [5, 5.41) is 3.43. The predicted molar refractivity (Wildman–Crippen MR) is 74.5 cm³/mol. The van der Waals surface area contributed by atoms with E-state index in [-0.39, 0.29) is 0 Å². The van der Waals surface area contributed by atoms with Crippen molar-refractivity contribution >= 4 is 0 Å². The summed E-state index contributed by atoms with van der Waals surface area (Å²) >= 11 is 0. The van der Waals surface area contributed by atoms with Gasteiger partial charge in [-0.15, -0.1) is 0 Å². The highest BCUT2D eigenvalue weighted by molar-refractivity contribution is 5.37. The standard InChI is InChI=1S/C16H25N/c1-3-4-11-16(13-17-2)12-7-9-14-8-5-6-10-15(14)16/h5-6,8,10,17H,3-4,7,9,11-13H2,1-2H3. The van der Waals surface area contributed by atoms with E-state index < -0.39 is 0 Å². The molecule has 0 amide bonds. The van der Waals surface area contributed by atoms with Gasteiger partial charge in [0.2, 0.25) is 0 Å². The molecule has 0 saturated carbocycles. The maximum absolute atomic E-state index is 3.43. The molecule has 1 aromatic carbocycles. The predicted octanol–water partition coefficient (Wildman–Crippen LogP) is 3.67. The lowest BCUT2D eigenvalue weighted by Crippen LogP contribution is -2.39. The zero-order chi connectivity index (χ0) is 12.1. The van der Waals surface area contributed by atoms with Crippen molar-refractivity contribution in [3.63, 3.8) is 0 Å². The Labute approximate surface area is 106 Å². The molecule has 94 valence electrons. The molecule has 0 bridgehead atoms. The molecular weight excluding hydrogens is 206 g/mol. The number of benzene rings is 1. The molecule has 0 spiro atoms. The van der Waals surface area contributed by atoms with Crippen LogP contribution in [0.3, 0.4) is 0 Å². The van der Waals surface area contributed by atoms with Crippen LogP contribution in [0.4, 0.5) is 0 Å². The third-order valence-electron chi connectivity index (χ3n) is 4.21. The summed E-state index contributed by atoms with van der Waals surface area (Å²) in [5.74, 6) is 0. The summed E-state index contributed by atoms with van der Waals surface area (Å²) in [6, 6.07) is 9.08. The van der Waals surface area contributed by atoms with Crippen LogP contribution < -0.4 is 5.32 Å². The molecule has 17 heavy (non-hydrogen) atoms. The number of hydrogen-bond donors (Lipinski definition) is 1. The number of hydrogen-bond acceptors (Lipinski definition) is 1. The molecule has 1 aromatic rings. The molecule has 1 aliphatic rings. The minimum Gasteiger partial charge on any atom is -0.319 e. The summed E-state index contributed by atoms with van der Waals surface area (Å²) < 4.78 is 0. The van der Waals surface area contributed by atoms with E-state index in [4.69, 9.17) is 0 Å². The van der Waals surface area contributed by atoms with Crippen molar-refractivity contribution in [1.29, 1.82) is 0 Å². The fourth-order valence-corrected chi connectivity index (χ4v) is 3.39. The quantitative estimate of drug-likeness (QED) is 0.815. The van der Waals surface area contributed by atoms with Crippen molar-refractivity contribution in [1.82, 2.24) is 5.32 Å². The zero-order valence-electron chi connectivity index (χ0n) is 11.3.